The molecule has 25 heavy (non-hydrogen) atoms. The highest BCUT2D eigenvalue weighted by atomic mass is 16.5. The minimum atomic E-state index is -0.309. The zero-order valence-corrected chi connectivity index (χ0v) is 13.9. The predicted octanol–water partition coefficient (Wildman–Crippen LogP) is 1.48. The summed E-state index contributed by atoms with van der Waals surface area (Å²) in [4.78, 5) is 26.9. The van der Waals surface area contributed by atoms with Crippen LogP contribution < -0.4 is 15.3 Å². The van der Waals surface area contributed by atoms with Crippen LogP contribution in [0.1, 0.15) is 12.0 Å². The SMILES string of the molecule is COc1ccc2c(c1)CCCN2C(=O)Cn1nc2ccccn2c1=O. The molecule has 1 aromatic carbocycles. The van der Waals surface area contributed by atoms with Crippen LogP contribution >= 0.6 is 0 Å². The molecule has 0 spiro atoms. The third-order valence-electron chi connectivity index (χ3n) is 4.48. The van der Waals surface area contributed by atoms with Crippen molar-refractivity contribution in [2.24, 2.45) is 0 Å². The molecule has 0 radical (unpaired) electrons. The number of carbonyl (C=O) groups excluding carboxylic acids is 1. The molecule has 128 valence electrons. The van der Waals surface area contributed by atoms with Gasteiger partial charge in [0.15, 0.2) is 5.65 Å². The Bertz CT molecular complexity index is 1000. The van der Waals surface area contributed by atoms with Crippen molar-refractivity contribution in [3.63, 3.8) is 0 Å². The Balaban J connectivity index is 1.64. The van der Waals surface area contributed by atoms with Crippen molar-refractivity contribution in [1.82, 2.24) is 14.2 Å². The molecule has 0 atom stereocenters. The average Bonchev–Trinajstić information content (AvgIpc) is 2.96. The van der Waals surface area contributed by atoms with E-state index in [2.05, 4.69) is 5.10 Å². The summed E-state index contributed by atoms with van der Waals surface area (Å²) < 4.78 is 7.91. The highest BCUT2D eigenvalue weighted by Crippen LogP contribution is 2.30. The molecule has 1 amide bonds. The molecule has 1 aliphatic heterocycles. The van der Waals surface area contributed by atoms with Crippen molar-refractivity contribution in [1.29, 1.82) is 0 Å². The molecule has 3 aromatic rings. The number of pyridine rings is 1. The Morgan fingerprint density at radius 1 is 1.28 bits per heavy atom. The second-order valence-electron chi connectivity index (χ2n) is 6.01. The van der Waals surface area contributed by atoms with Gasteiger partial charge in [0.25, 0.3) is 0 Å². The van der Waals surface area contributed by atoms with Crippen molar-refractivity contribution < 1.29 is 9.53 Å². The molecule has 2 aromatic heterocycles. The van der Waals surface area contributed by atoms with Crippen molar-refractivity contribution in [3.8, 4) is 5.75 Å². The fraction of sp³-hybridized carbons (Fsp3) is 0.278. The fourth-order valence-electron chi connectivity index (χ4n) is 3.24. The van der Waals surface area contributed by atoms with E-state index in [1.54, 1.807) is 30.3 Å². The van der Waals surface area contributed by atoms with Crippen LogP contribution in [-0.2, 0) is 17.8 Å². The van der Waals surface area contributed by atoms with Gasteiger partial charge >= 0.3 is 5.69 Å². The molecule has 3 heterocycles. The number of carbonyl (C=O) groups is 1. The van der Waals surface area contributed by atoms with Gasteiger partial charge in [-0.15, -0.1) is 5.10 Å². The first kappa shape index (κ1) is 15.4. The van der Waals surface area contributed by atoms with E-state index >= 15 is 0 Å². The van der Waals surface area contributed by atoms with Crippen LogP contribution in [0.3, 0.4) is 0 Å². The van der Waals surface area contributed by atoms with Gasteiger partial charge in [-0.3, -0.25) is 9.20 Å². The molecule has 0 N–H and O–H groups in total. The Morgan fingerprint density at radius 3 is 2.96 bits per heavy atom. The van der Waals surface area contributed by atoms with Gasteiger partial charge in [0.05, 0.1) is 7.11 Å². The second-order valence-corrected chi connectivity index (χ2v) is 6.01. The largest absolute Gasteiger partial charge is 0.497 e. The number of aromatic nitrogens is 3. The van der Waals surface area contributed by atoms with E-state index in [0.717, 1.165) is 29.8 Å². The van der Waals surface area contributed by atoms with Crippen LogP contribution in [0.25, 0.3) is 5.65 Å². The minimum absolute atomic E-state index is 0.0774. The second kappa shape index (κ2) is 6.08. The lowest BCUT2D eigenvalue weighted by atomic mass is 10.0. The first-order valence-electron chi connectivity index (χ1n) is 8.19. The molecule has 0 fully saturated rings. The fourth-order valence-corrected chi connectivity index (χ4v) is 3.24. The van der Waals surface area contributed by atoms with Gasteiger partial charge in [-0.25, -0.2) is 9.48 Å². The van der Waals surface area contributed by atoms with Crippen molar-refractivity contribution in [2.75, 3.05) is 18.6 Å². The molecule has 0 unspecified atom stereocenters. The molecule has 1 aliphatic rings. The third-order valence-corrected chi connectivity index (χ3v) is 4.48. The lowest BCUT2D eigenvalue weighted by molar-refractivity contribution is -0.119. The number of rotatable bonds is 3. The van der Waals surface area contributed by atoms with Crippen LogP contribution in [-0.4, -0.2) is 33.7 Å². The van der Waals surface area contributed by atoms with Crippen molar-refractivity contribution in [3.05, 3.63) is 58.6 Å². The number of amides is 1. The molecular formula is C18H18N4O3. The molecule has 0 saturated heterocycles. The summed E-state index contributed by atoms with van der Waals surface area (Å²) in [5.74, 6) is 0.640. The van der Waals surface area contributed by atoms with Crippen LogP contribution in [0.15, 0.2) is 47.4 Å². The maximum atomic E-state index is 12.8. The van der Waals surface area contributed by atoms with Crippen LogP contribution in [0.2, 0.25) is 0 Å². The van der Waals surface area contributed by atoms with Gasteiger partial charge in [-0.2, -0.15) is 0 Å². The zero-order valence-electron chi connectivity index (χ0n) is 13.9. The summed E-state index contributed by atoms with van der Waals surface area (Å²) in [7, 11) is 1.63. The number of anilines is 1. The van der Waals surface area contributed by atoms with Crippen LogP contribution in [0.5, 0.6) is 5.75 Å². The van der Waals surface area contributed by atoms with E-state index in [-0.39, 0.29) is 18.1 Å². The molecule has 0 aliphatic carbocycles. The number of nitrogens with zero attached hydrogens (tertiary/aromatic N) is 4. The minimum Gasteiger partial charge on any atom is -0.497 e. The Hall–Kier alpha value is -3.09. The van der Waals surface area contributed by atoms with E-state index in [1.165, 1.54) is 9.08 Å². The lowest BCUT2D eigenvalue weighted by Crippen LogP contribution is -2.39. The molecule has 0 saturated carbocycles. The average molecular weight is 338 g/mol. The van der Waals surface area contributed by atoms with Gasteiger partial charge in [-0.05, 0) is 48.7 Å². The van der Waals surface area contributed by atoms with Crippen molar-refractivity contribution >= 4 is 17.2 Å². The molecular weight excluding hydrogens is 320 g/mol. The molecule has 7 heteroatoms. The van der Waals surface area contributed by atoms with Crippen LogP contribution in [0, 0.1) is 0 Å². The lowest BCUT2D eigenvalue weighted by Gasteiger charge is -2.29. The molecule has 7 nitrogen and oxygen atoms in total. The van der Waals surface area contributed by atoms with Gasteiger partial charge in [-0.1, -0.05) is 6.07 Å². The summed E-state index contributed by atoms with van der Waals surface area (Å²) in [6.45, 7) is 0.562. The topological polar surface area (TPSA) is 68.8 Å². The van der Waals surface area contributed by atoms with Gasteiger partial charge < -0.3 is 9.64 Å². The summed E-state index contributed by atoms with van der Waals surface area (Å²) in [5, 5.41) is 4.23. The van der Waals surface area contributed by atoms with Crippen LogP contribution in [0.4, 0.5) is 5.69 Å². The number of aryl methyl sites for hydroxylation is 1. The number of hydrogen-bond acceptors (Lipinski definition) is 4. The summed E-state index contributed by atoms with van der Waals surface area (Å²) in [6, 6.07) is 11.0. The smallest absolute Gasteiger partial charge is 0.350 e. The number of hydrogen-bond donors (Lipinski definition) is 0. The summed E-state index contributed by atoms with van der Waals surface area (Å²) in [5.41, 5.74) is 2.19. The zero-order chi connectivity index (χ0) is 17.4. The Morgan fingerprint density at radius 2 is 2.16 bits per heavy atom. The van der Waals surface area contributed by atoms with Gasteiger partial charge in [0.1, 0.15) is 12.3 Å². The van der Waals surface area contributed by atoms with Gasteiger partial charge in [0.2, 0.25) is 5.91 Å². The summed E-state index contributed by atoms with van der Waals surface area (Å²) >= 11 is 0. The maximum absolute atomic E-state index is 12.8. The highest BCUT2D eigenvalue weighted by Gasteiger charge is 2.24. The van der Waals surface area contributed by atoms with E-state index in [0.29, 0.717) is 12.2 Å². The third kappa shape index (κ3) is 2.67. The predicted molar refractivity (Wildman–Crippen MR) is 93.1 cm³/mol. The number of methoxy groups -OCH3 is 1. The van der Waals surface area contributed by atoms with E-state index in [1.807, 2.05) is 24.3 Å². The monoisotopic (exact) mass is 338 g/mol. The first-order valence-corrected chi connectivity index (χ1v) is 8.19. The number of ether oxygens (including phenoxy) is 1. The molecule has 0 bridgehead atoms. The Labute approximate surface area is 144 Å². The maximum Gasteiger partial charge on any atom is 0.350 e. The Kier molecular flexibility index (Phi) is 3.76. The highest BCUT2D eigenvalue weighted by molar-refractivity contribution is 5.94. The normalized spacial score (nSPS) is 13.7. The van der Waals surface area contributed by atoms with E-state index in [4.69, 9.17) is 4.74 Å². The van der Waals surface area contributed by atoms with E-state index in [9.17, 15) is 9.59 Å². The number of fused-ring (bicyclic) bond motifs is 2. The number of benzene rings is 1. The first-order chi connectivity index (χ1) is 12.2. The quantitative estimate of drug-likeness (QED) is 0.725. The van der Waals surface area contributed by atoms with Gasteiger partial charge in [0, 0.05) is 18.4 Å². The summed E-state index contributed by atoms with van der Waals surface area (Å²) in [6.07, 6.45) is 3.44. The molecule has 4 rings (SSSR count). The standard InChI is InChI=1S/C18H18N4O3/c1-25-14-7-8-15-13(11-14)5-4-10-20(15)17(23)12-22-18(24)21-9-3-2-6-16(21)19-22/h2-3,6-9,11H,4-5,10,12H2,1H3. The van der Waals surface area contributed by atoms with Crippen molar-refractivity contribution in [2.45, 2.75) is 19.4 Å². The van der Waals surface area contributed by atoms with E-state index < -0.39 is 0 Å².